The van der Waals surface area contributed by atoms with Crippen molar-refractivity contribution in [3.05, 3.63) is 58.3 Å². The first-order valence-electron chi connectivity index (χ1n) is 11.3. The van der Waals surface area contributed by atoms with Gasteiger partial charge in [-0.2, -0.15) is 0 Å². The SMILES string of the molecule is CC(C)(C)NC(=O)C(c1ccccc1)N(C(=O)CNC(=O)c1cccs1)C1CCCCC1. The molecule has 3 amide bonds. The molecule has 1 aliphatic carbocycles. The van der Waals surface area contributed by atoms with Gasteiger partial charge in [0.25, 0.3) is 5.91 Å². The van der Waals surface area contributed by atoms with Crippen LogP contribution in [0, 0.1) is 0 Å². The molecular weight excluding hydrogens is 422 g/mol. The zero-order chi connectivity index (χ0) is 23.1. The van der Waals surface area contributed by atoms with Crippen molar-refractivity contribution in [2.75, 3.05) is 6.54 Å². The lowest BCUT2D eigenvalue weighted by Gasteiger charge is -2.40. The van der Waals surface area contributed by atoms with Crippen LogP contribution in [0.2, 0.25) is 0 Å². The van der Waals surface area contributed by atoms with E-state index < -0.39 is 11.6 Å². The Hall–Kier alpha value is -2.67. The molecule has 0 radical (unpaired) electrons. The molecule has 0 spiro atoms. The summed E-state index contributed by atoms with van der Waals surface area (Å²) < 4.78 is 0. The molecule has 1 aromatic heterocycles. The highest BCUT2D eigenvalue weighted by atomic mass is 32.1. The van der Waals surface area contributed by atoms with Gasteiger partial charge in [-0.3, -0.25) is 14.4 Å². The fourth-order valence-electron chi connectivity index (χ4n) is 4.17. The molecule has 2 N–H and O–H groups in total. The van der Waals surface area contributed by atoms with Gasteiger partial charge in [0.15, 0.2) is 0 Å². The van der Waals surface area contributed by atoms with E-state index in [0.29, 0.717) is 4.88 Å². The van der Waals surface area contributed by atoms with Crippen molar-refractivity contribution < 1.29 is 14.4 Å². The second kappa shape index (κ2) is 10.8. The van der Waals surface area contributed by atoms with E-state index in [1.165, 1.54) is 11.3 Å². The topological polar surface area (TPSA) is 78.5 Å². The Morgan fingerprint density at radius 3 is 2.31 bits per heavy atom. The number of nitrogens with one attached hydrogen (secondary N) is 2. The predicted molar refractivity (Wildman–Crippen MR) is 127 cm³/mol. The third-order valence-corrected chi connectivity index (χ3v) is 6.41. The number of hydrogen-bond donors (Lipinski definition) is 2. The van der Waals surface area contributed by atoms with Crippen molar-refractivity contribution in [2.45, 2.75) is 70.5 Å². The second-order valence-electron chi connectivity index (χ2n) is 9.31. The van der Waals surface area contributed by atoms with Crippen LogP contribution in [-0.4, -0.2) is 40.7 Å². The summed E-state index contributed by atoms with van der Waals surface area (Å²) in [5.41, 5.74) is 0.344. The molecule has 0 saturated heterocycles. The zero-order valence-corrected chi connectivity index (χ0v) is 19.9. The molecule has 1 unspecified atom stereocenters. The molecule has 3 rings (SSSR count). The fourth-order valence-corrected chi connectivity index (χ4v) is 4.81. The largest absolute Gasteiger partial charge is 0.349 e. The predicted octanol–water partition coefficient (Wildman–Crippen LogP) is 4.30. The maximum atomic E-state index is 13.5. The summed E-state index contributed by atoms with van der Waals surface area (Å²) in [6.45, 7) is 5.66. The van der Waals surface area contributed by atoms with E-state index in [1.807, 2.05) is 56.5 Å². The van der Waals surface area contributed by atoms with Crippen LogP contribution in [0.15, 0.2) is 47.8 Å². The number of nitrogens with zero attached hydrogens (tertiary/aromatic N) is 1. The third-order valence-electron chi connectivity index (χ3n) is 5.54. The molecule has 172 valence electrons. The summed E-state index contributed by atoms with van der Waals surface area (Å²) in [6.07, 6.45) is 4.90. The van der Waals surface area contributed by atoms with Crippen LogP contribution in [0.4, 0.5) is 0 Å². The molecule has 1 fully saturated rings. The number of carbonyl (C=O) groups is 3. The monoisotopic (exact) mass is 455 g/mol. The van der Waals surface area contributed by atoms with Crippen molar-refractivity contribution in [1.29, 1.82) is 0 Å². The number of thiophene rings is 1. The summed E-state index contributed by atoms with van der Waals surface area (Å²) in [5, 5.41) is 7.63. The molecule has 1 heterocycles. The van der Waals surface area contributed by atoms with E-state index in [-0.39, 0.29) is 30.3 Å². The summed E-state index contributed by atoms with van der Waals surface area (Å²) >= 11 is 1.33. The summed E-state index contributed by atoms with van der Waals surface area (Å²) in [6, 6.07) is 12.2. The molecule has 6 nitrogen and oxygen atoms in total. The average Bonchev–Trinajstić information content (AvgIpc) is 3.30. The first-order chi connectivity index (χ1) is 15.3. The molecule has 1 aromatic carbocycles. The standard InChI is InChI=1S/C25H33N3O3S/c1-25(2,3)27-24(31)22(18-11-6-4-7-12-18)28(19-13-8-5-9-14-19)21(29)17-26-23(30)20-15-10-16-32-20/h4,6-7,10-12,15-16,19,22H,5,8-9,13-14,17H2,1-3H3,(H,26,30)(H,27,31). The van der Waals surface area contributed by atoms with Crippen molar-refractivity contribution in [3.8, 4) is 0 Å². The average molecular weight is 456 g/mol. The molecular formula is C25H33N3O3S. The Kier molecular flexibility index (Phi) is 8.07. The molecule has 32 heavy (non-hydrogen) atoms. The van der Waals surface area contributed by atoms with Crippen LogP contribution in [0.1, 0.15) is 74.2 Å². The first-order valence-corrected chi connectivity index (χ1v) is 12.1. The summed E-state index contributed by atoms with van der Waals surface area (Å²) in [7, 11) is 0. The number of carbonyl (C=O) groups excluding carboxylic acids is 3. The van der Waals surface area contributed by atoms with Gasteiger partial charge < -0.3 is 15.5 Å². The van der Waals surface area contributed by atoms with E-state index in [4.69, 9.17) is 0 Å². The smallest absolute Gasteiger partial charge is 0.261 e. The van der Waals surface area contributed by atoms with Gasteiger partial charge in [-0.15, -0.1) is 11.3 Å². The molecule has 1 saturated carbocycles. The Morgan fingerprint density at radius 2 is 1.72 bits per heavy atom. The number of rotatable bonds is 7. The lowest BCUT2D eigenvalue weighted by Crippen LogP contribution is -2.54. The van der Waals surface area contributed by atoms with Gasteiger partial charge in [0.2, 0.25) is 11.8 Å². The van der Waals surface area contributed by atoms with Gasteiger partial charge in [0.1, 0.15) is 6.04 Å². The Labute approximate surface area is 194 Å². The quantitative estimate of drug-likeness (QED) is 0.654. The van der Waals surface area contributed by atoms with E-state index in [2.05, 4.69) is 10.6 Å². The van der Waals surface area contributed by atoms with E-state index in [0.717, 1.165) is 37.7 Å². The third kappa shape index (κ3) is 6.42. The van der Waals surface area contributed by atoms with Crippen LogP contribution in [0.5, 0.6) is 0 Å². The van der Waals surface area contributed by atoms with Crippen LogP contribution >= 0.6 is 11.3 Å². The minimum atomic E-state index is -0.746. The maximum Gasteiger partial charge on any atom is 0.261 e. The molecule has 2 aromatic rings. The first kappa shape index (κ1) is 24.0. The molecule has 0 bridgehead atoms. The minimum Gasteiger partial charge on any atom is -0.349 e. The van der Waals surface area contributed by atoms with Gasteiger partial charge in [-0.25, -0.2) is 0 Å². The minimum absolute atomic E-state index is 0.0363. The van der Waals surface area contributed by atoms with E-state index in [1.54, 1.807) is 17.0 Å². The van der Waals surface area contributed by atoms with Gasteiger partial charge in [0, 0.05) is 11.6 Å². The van der Waals surface area contributed by atoms with Crippen LogP contribution < -0.4 is 10.6 Å². The zero-order valence-electron chi connectivity index (χ0n) is 19.1. The van der Waals surface area contributed by atoms with Crippen LogP contribution in [-0.2, 0) is 9.59 Å². The van der Waals surface area contributed by atoms with Gasteiger partial charge >= 0.3 is 0 Å². The van der Waals surface area contributed by atoms with Crippen molar-refractivity contribution >= 4 is 29.1 Å². The number of hydrogen-bond acceptors (Lipinski definition) is 4. The number of benzene rings is 1. The molecule has 0 aliphatic heterocycles. The lowest BCUT2D eigenvalue weighted by atomic mass is 9.91. The normalized spacial score (nSPS) is 15.6. The van der Waals surface area contributed by atoms with Crippen molar-refractivity contribution in [2.24, 2.45) is 0 Å². The van der Waals surface area contributed by atoms with Crippen molar-refractivity contribution in [1.82, 2.24) is 15.5 Å². The molecule has 1 aliphatic rings. The molecule has 7 heteroatoms. The Balaban J connectivity index is 1.89. The highest BCUT2D eigenvalue weighted by Gasteiger charge is 2.37. The Bertz CT molecular complexity index is 900. The van der Waals surface area contributed by atoms with Crippen LogP contribution in [0.25, 0.3) is 0 Å². The number of amides is 3. The highest BCUT2D eigenvalue weighted by molar-refractivity contribution is 7.12. The van der Waals surface area contributed by atoms with Gasteiger partial charge in [-0.1, -0.05) is 55.7 Å². The van der Waals surface area contributed by atoms with Gasteiger partial charge in [0.05, 0.1) is 11.4 Å². The van der Waals surface area contributed by atoms with E-state index in [9.17, 15) is 14.4 Å². The lowest BCUT2D eigenvalue weighted by molar-refractivity contribution is -0.144. The summed E-state index contributed by atoms with van der Waals surface area (Å²) in [5.74, 6) is -0.709. The molecule has 1 atom stereocenters. The Morgan fingerprint density at radius 1 is 1.03 bits per heavy atom. The van der Waals surface area contributed by atoms with Crippen LogP contribution in [0.3, 0.4) is 0 Å². The van der Waals surface area contributed by atoms with E-state index >= 15 is 0 Å². The van der Waals surface area contributed by atoms with Crippen molar-refractivity contribution in [3.63, 3.8) is 0 Å². The maximum absolute atomic E-state index is 13.5. The van der Waals surface area contributed by atoms with Gasteiger partial charge in [-0.05, 0) is 50.6 Å². The second-order valence-corrected chi connectivity index (χ2v) is 10.3. The highest BCUT2D eigenvalue weighted by Crippen LogP contribution is 2.31. The fraction of sp³-hybridized carbons (Fsp3) is 0.480. The summed E-state index contributed by atoms with van der Waals surface area (Å²) in [4.78, 5) is 41.7.